The lowest BCUT2D eigenvalue weighted by atomic mass is 9.89. The molecule has 1 atom stereocenters. The van der Waals surface area contributed by atoms with Gasteiger partial charge in [-0.3, -0.25) is 0 Å². The van der Waals surface area contributed by atoms with E-state index in [0.29, 0.717) is 6.04 Å². The zero-order valence-electron chi connectivity index (χ0n) is 12.0. The summed E-state index contributed by atoms with van der Waals surface area (Å²) in [5, 5.41) is 12.7. The molecule has 3 nitrogen and oxygen atoms in total. The van der Waals surface area contributed by atoms with E-state index >= 15 is 0 Å². The van der Waals surface area contributed by atoms with Crippen LogP contribution in [0.2, 0.25) is 0 Å². The van der Waals surface area contributed by atoms with E-state index in [0.717, 1.165) is 38.2 Å². The highest BCUT2D eigenvalue weighted by atomic mass is 16.5. The van der Waals surface area contributed by atoms with Crippen molar-refractivity contribution in [2.75, 3.05) is 19.8 Å². The molecule has 0 fully saturated rings. The molecule has 0 radical (unpaired) electrons. The molecule has 0 spiro atoms. The Balaban J connectivity index is 2.04. The van der Waals surface area contributed by atoms with Crippen molar-refractivity contribution in [2.24, 2.45) is 5.41 Å². The first-order valence-electron chi connectivity index (χ1n) is 7.18. The molecule has 1 aliphatic heterocycles. The quantitative estimate of drug-likeness (QED) is 0.858. The maximum Gasteiger partial charge on any atom is 0.124 e. The van der Waals surface area contributed by atoms with E-state index in [4.69, 9.17) is 9.84 Å². The molecule has 0 aromatic heterocycles. The first-order valence-corrected chi connectivity index (χ1v) is 7.18. The fourth-order valence-electron chi connectivity index (χ4n) is 2.53. The molecule has 19 heavy (non-hydrogen) atoms. The van der Waals surface area contributed by atoms with Crippen molar-refractivity contribution in [3.8, 4) is 5.75 Å². The number of hydrogen-bond acceptors (Lipinski definition) is 3. The Kier molecular flexibility index (Phi) is 4.83. The van der Waals surface area contributed by atoms with Gasteiger partial charge in [-0.25, -0.2) is 0 Å². The van der Waals surface area contributed by atoms with Gasteiger partial charge in [-0.15, -0.1) is 0 Å². The van der Waals surface area contributed by atoms with E-state index in [1.807, 2.05) is 12.1 Å². The largest absolute Gasteiger partial charge is 0.493 e. The molecule has 3 heteroatoms. The Bertz CT molecular complexity index is 403. The van der Waals surface area contributed by atoms with Crippen LogP contribution in [0.5, 0.6) is 5.75 Å². The van der Waals surface area contributed by atoms with Crippen LogP contribution in [-0.4, -0.2) is 24.9 Å². The summed E-state index contributed by atoms with van der Waals surface area (Å²) in [6.07, 6.45) is 3.00. The van der Waals surface area contributed by atoms with Gasteiger partial charge >= 0.3 is 0 Å². The van der Waals surface area contributed by atoms with E-state index in [-0.39, 0.29) is 12.0 Å². The number of para-hydroxylation sites is 1. The van der Waals surface area contributed by atoms with Crippen LogP contribution in [0.1, 0.15) is 44.7 Å². The summed E-state index contributed by atoms with van der Waals surface area (Å²) < 4.78 is 5.78. The predicted molar refractivity (Wildman–Crippen MR) is 77.4 cm³/mol. The third-order valence-electron chi connectivity index (χ3n) is 3.80. The van der Waals surface area contributed by atoms with E-state index in [2.05, 4.69) is 31.3 Å². The highest BCUT2D eigenvalue weighted by Gasteiger charge is 2.23. The molecular formula is C16H25NO2. The number of hydrogen-bond donors (Lipinski definition) is 2. The molecule has 1 aliphatic rings. The van der Waals surface area contributed by atoms with Gasteiger partial charge in [0.1, 0.15) is 5.75 Å². The lowest BCUT2D eigenvalue weighted by molar-refractivity contribution is 0.202. The summed E-state index contributed by atoms with van der Waals surface area (Å²) in [7, 11) is 0. The average molecular weight is 263 g/mol. The summed E-state index contributed by atoms with van der Waals surface area (Å²) in [5.74, 6) is 1.01. The number of nitrogens with one attached hydrogen (secondary N) is 1. The van der Waals surface area contributed by atoms with Crippen molar-refractivity contribution in [3.63, 3.8) is 0 Å². The molecule has 2 N–H and O–H groups in total. The van der Waals surface area contributed by atoms with Crippen LogP contribution in [0.3, 0.4) is 0 Å². The molecule has 0 saturated heterocycles. The summed E-state index contributed by atoms with van der Waals surface area (Å²) in [6, 6.07) is 8.65. The monoisotopic (exact) mass is 263 g/mol. The molecule has 2 rings (SSSR count). The lowest BCUT2D eigenvalue weighted by Gasteiger charge is -2.28. The Labute approximate surface area is 116 Å². The van der Waals surface area contributed by atoms with Crippen molar-refractivity contribution >= 4 is 0 Å². The molecule has 0 amide bonds. The van der Waals surface area contributed by atoms with Crippen LogP contribution in [-0.2, 0) is 0 Å². The third kappa shape index (κ3) is 3.95. The van der Waals surface area contributed by atoms with Crippen molar-refractivity contribution in [1.82, 2.24) is 5.32 Å². The topological polar surface area (TPSA) is 41.5 Å². The minimum atomic E-state index is 0.122. The van der Waals surface area contributed by atoms with Gasteiger partial charge in [0.15, 0.2) is 0 Å². The van der Waals surface area contributed by atoms with Gasteiger partial charge in [-0.05, 0) is 30.7 Å². The standard InChI is InChI=1S/C16H25NO2/c1-16(2,9-10-18)12-17-14-7-5-11-19-15-8-4-3-6-13(14)15/h3-4,6,8,14,17-18H,5,7,9-12H2,1-2H3. The Morgan fingerprint density at radius 2 is 2.16 bits per heavy atom. The second kappa shape index (κ2) is 6.40. The molecular weight excluding hydrogens is 238 g/mol. The fourth-order valence-corrected chi connectivity index (χ4v) is 2.53. The molecule has 0 aliphatic carbocycles. The molecule has 106 valence electrons. The fraction of sp³-hybridized carbons (Fsp3) is 0.625. The second-order valence-corrected chi connectivity index (χ2v) is 6.10. The van der Waals surface area contributed by atoms with Gasteiger partial charge < -0.3 is 15.2 Å². The van der Waals surface area contributed by atoms with E-state index in [9.17, 15) is 0 Å². The van der Waals surface area contributed by atoms with Crippen LogP contribution in [0.4, 0.5) is 0 Å². The molecule has 1 unspecified atom stereocenters. The highest BCUT2D eigenvalue weighted by molar-refractivity contribution is 5.36. The summed E-state index contributed by atoms with van der Waals surface area (Å²) in [5.41, 5.74) is 1.39. The maximum atomic E-state index is 9.09. The molecule has 1 heterocycles. The van der Waals surface area contributed by atoms with E-state index < -0.39 is 0 Å². The SMILES string of the molecule is CC(C)(CCO)CNC1CCCOc2ccccc21. The third-order valence-corrected chi connectivity index (χ3v) is 3.80. The Hall–Kier alpha value is -1.06. The first-order chi connectivity index (χ1) is 9.12. The molecule has 0 saturated carbocycles. The van der Waals surface area contributed by atoms with E-state index in [1.54, 1.807) is 0 Å². The number of benzene rings is 1. The van der Waals surface area contributed by atoms with Crippen molar-refractivity contribution in [1.29, 1.82) is 0 Å². The maximum absolute atomic E-state index is 9.09. The summed E-state index contributed by atoms with van der Waals surface area (Å²) >= 11 is 0. The zero-order chi connectivity index (χ0) is 13.7. The number of rotatable bonds is 5. The van der Waals surface area contributed by atoms with Gasteiger partial charge in [0.05, 0.1) is 6.61 Å². The normalized spacial score (nSPS) is 19.4. The van der Waals surface area contributed by atoms with Gasteiger partial charge in [0.25, 0.3) is 0 Å². The van der Waals surface area contributed by atoms with Crippen molar-refractivity contribution in [3.05, 3.63) is 29.8 Å². The molecule has 0 bridgehead atoms. The smallest absolute Gasteiger partial charge is 0.124 e. The van der Waals surface area contributed by atoms with Crippen molar-refractivity contribution < 1.29 is 9.84 Å². The molecule has 1 aromatic carbocycles. The van der Waals surface area contributed by atoms with Crippen LogP contribution < -0.4 is 10.1 Å². The minimum Gasteiger partial charge on any atom is -0.493 e. The van der Waals surface area contributed by atoms with Crippen LogP contribution >= 0.6 is 0 Å². The predicted octanol–water partition coefficient (Wildman–Crippen LogP) is 2.90. The molecule has 1 aromatic rings. The highest BCUT2D eigenvalue weighted by Crippen LogP contribution is 2.32. The van der Waals surface area contributed by atoms with Gasteiger partial charge in [0, 0.05) is 24.8 Å². The number of ether oxygens (including phenoxy) is 1. The van der Waals surface area contributed by atoms with Crippen LogP contribution in [0, 0.1) is 5.41 Å². The van der Waals surface area contributed by atoms with Crippen LogP contribution in [0.15, 0.2) is 24.3 Å². The Morgan fingerprint density at radius 1 is 1.37 bits per heavy atom. The van der Waals surface area contributed by atoms with Gasteiger partial charge in [-0.2, -0.15) is 0 Å². The second-order valence-electron chi connectivity index (χ2n) is 6.10. The number of aliphatic hydroxyl groups is 1. The Morgan fingerprint density at radius 3 is 2.95 bits per heavy atom. The lowest BCUT2D eigenvalue weighted by Crippen LogP contribution is -2.33. The van der Waals surface area contributed by atoms with Crippen LogP contribution in [0.25, 0.3) is 0 Å². The van der Waals surface area contributed by atoms with Crippen molar-refractivity contribution in [2.45, 2.75) is 39.2 Å². The van der Waals surface area contributed by atoms with Gasteiger partial charge in [0.2, 0.25) is 0 Å². The first kappa shape index (κ1) is 14.4. The van der Waals surface area contributed by atoms with Gasteiger partial charge in [-0.1, -0.05) is 32.0 Å². The average Bonchev–Trinajstić information content (AvgIpc) is 2.58. The minimum absolute atomic E-state index is 0.122. The zero-order valence-corrected chi connectivity index (χ0v) is 12.0. The number of fused-ring (bicyclic) bond motifs is 1. The summed E-state index contributed by atoms with van der Waals surface area (Å²) in [6.45, 7) is 6.34. The summed E-state index contributed by atoms with van der Waals surface area (Å²) in [4.78, 5) is 0. The number of aliphatic hydroxyl groups excluding tert-OH is 1. The van der Waals surface area contributed by atoms with E-state index in [1.165, 1.54) is 5.56 Å².